The molecule has 2 heterocycles. The van der Waals surface area contributed by atoms with Crippen molar-refractivity contribution in [3.05, 3.63) is 28.0 Å². The molecular weight excluding hydrogens is 320 g/mol. The van der Waals surface area contributed by atoms with E-state index in [1.54, 1.807) is 14.0 Å². The van der Waals surface area contributed by atoms with E-state index in [2.05, 4.69) is 10.3 Å². The quantitative estimate of drug-likeness (QED) is 0.871. The molecule has 2 unspecified atom stereocenters. The van der Waals surface area contributed by atoms with Crippen LogP contribution in [-0.2, 0) is 7.05 Å². The lowest BCUT2D eigenvalue weighted by molar-refractivity contribution is 0.0928. The van der Waals surface area contributed by atoms with Gasteiger partial charge in [0.15, 0.2) is 0 Å². The molecule has 0 bridgehead atoms. The number of amides is 1. The van der Waals surface area contributed by atoms with Crippen LogP contribution < -0.4 is 16.6 Å². The van der Waals surface area contributed by atoms with Crippen molar-refractivity contribution < 1.29 is 9.21 Å². The van der Waals surface area contributed by atoms with Crippen LogP contribution >= 0.6 is 12.4 Å². The Morgan fingerprint density at radius 3 is 2.96 bits per heavy atom. The van der Waals surface area contributed by atoms with Crippen molar-refractivity contribution in [2.24, 2.45) is 18.7 Å². The SMILES string of the molecule is Cc1oc2ncn(C)c(=O)c2c1C(=O)NC1CCCC1CN.Cl. The molecule has 3 N–H and O–H groups in total. The number of halogens is 1. The summed E-state index contributed by atoms with van der Waals surface area (Å²) in [5.74, 6) is 0.417. The Bertz CT molecular complexity index is 783. The molecule has 0 aliphatic heterocycles. The van der Waals surface area contributed by atoms with E-state index < -0.39 is 0 Å². The molecule has 0 aromatic carbocycles. The van der Waals surface area contributed by atoms with Crippen molar-refractivity contribution >= 4 is 29.4 Å². The van der Waals surface area contributed by atoms with Crippen LogP contribution in [0.1, 0.15) is 35.4 Å². The largest absolute Gasteiger partial charge is 0.442 e. The van der Waals surface area contributed by atoms with Gasteiger partial charge < -0.3 is 20.0 Å². The fourth-order valence-corrected chi connectivity index (χ4v) is 3.21. The van der Waals surface area contributed by atoms with Crippen LogP contribution in [0.15, 0.2) is 15.5 Å². The minimum atomic E-state index is -0.285. The van der Waals surface area contributed by atoms with Crippen LogP contribution in [0.3, 0.4) is 0 Å². The van der Waals surface area contributed by atoms with Gasteiger partial charge in [-0.2, -0.15) is 0 Å². The zero-order chi connectivity index (χ0) is 15.9. The summed E-state index contributed by atoms with van der Waals surface area (Å²) >= 11 is 0. The van der Waals surface area contributed by atoms with Gasteiger partial charge in [0.2, 0.25) is 5.71 Å². The van der Waals surface area contributed by atoms with Crippen LogP contribution in [0.2, 0.25) is 0 Å². The molecule has 1 aliphatic carbocycles. The van der Waals surface area contributed by atoms with E-state index >= 15 is 0 Å². The number of nitrogens with one attached hydrogen (secondary N) is 1. The van der Waals surface area contributed by atoms with Crippen LogP contribution in [0.5, 0.6) is 0 Å². The number of aromatic nitrogens is 2. The number of nitrogens with two attached hydrogens (primary N) is 1. The molecule has 8 heteroatoms. The molecule has 3 rings (SSSR count). The van der Waals surface area contributed by atoms with Crippen LogP contribution in [0.4, 0.5) is 0 Å². The number of hydrogen-bond acceptors (Lipinski definition) is 5. The normalized spacial score (nSPS) is 20.5. The van der Waals surface area contributed by atoms with E-state index in [4.69, 9.17) is 10.2 Å². The van der Waals surface area contributed by atoms with Gasteiger partial charge in [0.1, 0.15) is 17.5 Å². The first-order valence-corrected chi connectivity index (χ1v) is 7.48. The van der Waals surface area contributed by atoms with E-state index in [0.29, 0.717) is 18.2 Å². The standard InChI is InChI=1S/C15H20N4O3.ClH/c1-8-11(12-14(22-8)17-7-19(2)15(12)21)13(20)18-10-5-3-4-9(10)6-16;/h7,9-10H,3-6,16H2,1-2H3,(H,18,20);1H. The Balaban J connectivity index is 0.00000192. The number of furan rings is 1. The lowest BCUT2D eigenvalue weighted by Gasteiger charge is -2.19. The highest BCUT2D eigenvalue weighted by atomic mass is 35.5. The van der Waals surface area contributed by atoms with Gasteiger partial charge in [0, 0.05) is 13.1 Å². The molecule has 0 spiro atoms. The maximum Gasteiger partial charge on any atom is 0.265 e. The van der Waals surface area contributed by atoms with Crippen LogP contribution in [0, 0.1) is 12.8 Å². The summed E-state index contributed by atoms with van der Waals surface area (Å²) in [5.41, 5.74) is 5.95. The van der Waals surface area contributed by atoms with Gasteiger partial charge in [0.05, 0.1) is 5.56 Å². The number of carbonyl (C=O) groups is 1. The molecule has 23 heavy (non-hydrogen) atoms. The molecule has 1 aliphatic rings. The van der Waals surface area contributed by atoms with E-state index in [1.807, 2.05) is 0 Å². The third-order valence-electron chi connectivity index (χ3n) is 4.45. The van der Waals surface area contributed by atoms with E-state index in [-0.39, 0.29) is 46.6 Å². The summed E-state index contributed by atoms with van der Waals surface area (Å²) in [6.07, 6.45) is 4.38. The Hall–Kier alpha value is -1.86. The molecule has 7 nitrogen and oxygen atoms in total. The van der Waals surface area contributed by atoms with Crippen molar-refractivity contribution in [3.63, 3.8) is 0 Å². The third kappa shape index (κ3) is 2.98. The van der Waals surface area contributed by atoms with Crippen molar-refractivity contribution in [3.8, 4) is 0 Å². The van der Waals surface area contributed by atoms with Gasteiger partial charge in [0.25, 0.3) is 11.5 Å². The summed E-state index contributed by atoms with van der Waals surface area (Å²) < 4.78 is 6.80. The molecule has 126 valence electrons. The van der Waals surface area contributed by atoms with Gasteiger partial charge in [-0.1, -0.05) is 6.42 Å². The third-order valence-corrected chi connectivity index (χ3v) is 4.45. The Kier molecular flexibility index (Phi) is 5.11. The maximum atomic E-state index is 12.6. The lowest BCUT2D eigenvalue weighted by atomic mass is 10.0. The number of fused-ring (bicyclic) bond motifs is 1. The summed E-state index contributed by atoms with van der Waals surface area (Å²) in [6.45, 7) is 2.23. The zero-order valence-electron chi connectivity index (χ0n) is 13.2. The smallest absolute Gasteiger partial charge is 0.265 e. The predicted molar refractivity (Wildman–Crippen MR) is 88.9 cm³/mol. The summed E-state index contributed by atoms with van der Waals surface area (Å²) in [6, 6.07) is 0.0578. The highest BCUT2D eigenvalue weighted by molar-refractivity contribution is 6.06. The Morgan fingerprint density at radius 1 is 1.52 bits per heavy atom. The van der Waals surface area contributed by atoms with Crippen LogP contribution in [-0.4, -0.2) is 28.0 Å². The van der Waals surface area contributed by atoms with Gasteiger partial charge >= 0.3 is 0 Å². The number of carbonyl (C=O) groups excluding carboxylic acids is 1. The average molecular weight is 341 g/mol. The second-order valence-electron chi connectivity index (χ2n) is 5.88. The summed E-state index contributed by atoms with van der Waals surface area (Å²) in [4.78, 5) is 29.0. The molecular formula is C15H21ClN4O3. The van der Waals surface area contributed by atoms with Crippen molar-refractivity contribution in [1.82, 2.24) is 14.9 Å². The molecule has 2 aromatic rings. The number of aryl methyl sites for hydroxylation is 2. The van der Waals surface area contributed by atoms with Gasteiger partial charge in [-0.05, 0) is 32.2 Å². The zero-order valence-corrected chi connectivity index (χ0v) is 14.0. The second kappa shape index (κ2) is 6.72. The van der Waals surface area contributed by atoms with Crippen LogP contribution in [0.25, 0.3) is 11.1 Å². The maximum absolute atomic E-state index is 12.6. The van der Waals surface area contributed by atoms with Crippen molar-refractivity contribution in [1.29, 1.82) is 0 Å². The number of rotatable bonds is 3. The lowest BCUT2D eigenvalue weighted by Crippen LogP contribution is -2.40. The molecule has 0 radical (unpaired) electrons. The molecule has 1 amide bonds. The fraction of sp³-hybridized carbons (Fsp3) is 0.533. The highest BCUT2D eigenvalue weighted by Crippen LogP contribution is 2.26. The predicted octanol–water partition coefficient (Wildman–Crippen LogP) is 1.11. The van der Waals surface area contributed by atoms with E-state index in [9.17, 15) is 9.59 Å². The molecule has 2 aromatic heterocycles. The minimum Gasteiger partial charge on any atom is -0.442 e. The molecule has 1 fully saturated rings. The highest BCUT2D eigenvalue weighted by Gasteiger charge is 2.30. The van der Waals surface area contributed by atoms with Gasteiger partial charge in [-0.15, -0.1) is 12.4 Å². The van der Waals surface area contributed by atoms with Gasteiger partial charge in [-0.25, -0.2) is 4.98 Å². The Morgan fingerprint density at radius 2 is 2.26 bits per heavy atom. The minimum absolute atomic E-state index is 0. The second-order valence-corrected chi connectivity index (χ2v) is 5.88. The van der Waals surface area contributed by atoms with Crippen molar-refractivity contribution in [2.45, 2.75) is 32.2 Å². The Labute approximate surface area is 139 Å². The monoisotopic (exact) mass is 340 g/mol. The molecule has 1 saturated carbocycles. The fourth-order valence-electron chi connectivity index (χ4n) is 3.21. The van der Waals surface area contributed by atoms with Gasteiger partial charge in [-0.3, -0.25) is 9.59 Å². The van der Waals surface area contributed by atoms with E-state index in [1.165, 1.54) is 10.9 Å². The summed E-state index contributed by atoms with van der Waals surface area (Å²) in [7, 11) is 1.60. The van der Waals surface area contributed by atoms with Crippen molar-refractivity contribution in [2.75, 3.05) is 6.54 Å². The molecule has 0 saturated heterocycles. The number of nitrogens with zero attached hydrogens (tertiary/aromatic N) is 2. The topological polar surface area (TPSA) is 103 Å². The molecule has 2 atom stereocenters. The first-order valence-electron chi connectivity index (χ1n) is 7.48. The first kappa shape index (κ1) is 17.5. The average Bonchev–Trinajstić information content (AvgIpc) is 3.06. The number of hydrogen-bond donors (Lipinski definition) is 2. The first-order chi connectivity index (χ1) is 10.5. The van der Waals surface area contributed by atoms with E-state index in [0.717, 1.165) is 19.3 Å². The summed E-state index contributed by atoms with van der Waals surface area (Å²) in [5, 5.41) is 3.25.